The van der Waals surface area contributed by atoms with Crippen molar-refractivity contribution in [2.75, 3.05) is 0 Å². The molecule has 4 aromatic rings. The summed E-state index contributed by atoms with van der Waals surface area (Å²) in [4.78, 5) is 12.9. The van der Waals surface area contributed by atoms with E-state index in [1.54, 1.807) is 0 Å². The number of rotatable bonds is 6. The molecule has 0 amide bonds. The number of fused-ring (bicyclic) bond motifs is 1. The van der Waals surface area contributed by atoms with Crippen LogP contribution in [0.3, 0.4) is 0 Å². The molecule has 0 aliphatic carbocycles. The summed E-state index contributed by atoms with van der Waals surface area (Å²) in [5, 5.41) is 0.769. The molecule has 0 saturated carbocycles. The second-order valence-corrected chi connectivity index (χ2v) is 6.46. The number of hydrogen-bond donors (Lipinski definition) is 0. The lowest BCUT2D eigenvalue weighted by Gasteiger charge is -2.06. The molecule has 1 heterocycles. The van der Waals surface area contributed by atoms with Gasteiger partial charge in [-0.25, -0.2) is 0 Å². The molecule has 3 nitrogen and oxygen atoms in total. The maximum atomic E-state index is 12.9. The summed E-state index contributed by atoms with van der Waals surface area (Å²) in [6.45, 7) is 2.57. The van der Waals surface area contributed by atoms with Gasteiger partial charge >= 0.3 is 0 Å². The summed E-state index contributed by atoms with van der Waals surface area (Å²) in [5.74, 6) is 0.666. The van der Waals surface area contributed by atoms with E-state index in [0.717, 1.165) is 17.4 Å². The Balaban J connectivity index is 1.60. The fourth-order valence-corrected chi connectivity index (χ4v) is 3.06. The van der Waals surface area contributed by atoms with Gasteiger partial charge in [-0.3, -0.25) is 4.79 Å². The number of hydrogen-bond acceptors (Lipinski definition) is 3. The summed E-state index contributed by atoms with van der Waals surface area (Å²) >= 11 is 0. The zero-order chi connectivity index (χ0) is 18.6. The minimum Gasteiger partial charge on any atom is -0.489 e. The Morgan fingerprint density at radius 3 is 2.44 bits per heavy atom. The minimum atomic E-state index is -0.0448. The topological polar surface area (TPSA) is 39.4 Å². The first kappa shape index (κ1) is 17.1. The van der Waals surface area contributed by atoms with Crippen molar-refractivity contribution in [3.63, 3.8) is 0 Å². The molecule has 27 heavy (non-hydrogen) atoms. The molecule has 0 saturated heterocycles. The van der Waals surface area contributed by atoms with Crippen LogP contribution in [-0.2, 0) is 13.0 Å². The summed E-state index contributed by atoms with van der Waals surface area (Å²) in [6, 6.07) is 23.3. The van der Waals surface area contributed by atoms with E-state index in [1.165, 1.54) is 11.8 Å². The number of carbonyl (C=O) groups is 1. The third kappa shape index (κ3) is 3.63. The van der Waals surface area contributed by atoms with E-state index in [2.05, 4.69) is 6.92 Å². The van der Waals surface area contributed by atoms with Crippen LogP contribution >= 0.6 is 0 Å². The summed E-state index contributed by atoms with van der Waals surface area (Å²) < 4.78 is 11.5. The smallest absolute Gasteiger partial charge is 0.196 e. The Kier molecular flexibility index (Phi) is 4.75. The number of aryl methyl sites for hydroxylation is 1. The van der Waals surface area contributed by atoms with E-state index in [1.807, 2.05) is 72.8 Å². The van der Waals surface area contributed by atoms with Crippen molar-refractivity contribution in [3.05, 3.63) is 101 Å². The molecular weight excluding hydrogens is 336 g/mol. The molecule has 0 radical (unpaired) electrons. The monoisotopic (exact) mass is 356 g/mol. The predicted octanol–water partition coefficient (Wildman–Crippen LogP) is 5.81. The van der Waals surface area contributed by atoms with Gasteiger partial charge in [0.25, 0.3) is 0 Å². The largest absolute Gasteiger partial charge is 0.489 e. The molecule has 1 aromatic heterocycles. The Morgan fingerprint density at radius 2 is 1.70 bits per heavy atom. The predicted molar refractivity (Wildman–Crippen MR) is 106 cm³/mol. The molecular formula is C24H20O3. The van der Waals surface area contributed by atoms with Crippen LogP contribution in [-0.4, -0.2) is 5.78 Å². The van der Waals surface area contributed by atoms with Crippen LogP contribution in [0.1, 0.15) is 34.0 Å². The van der Waals surface area contributed by atoms with E-state index < -0.39 is 0 Å². The van der Waals surface area contributed by atoms with Crippen LogP contribution in [0.15, 0.2) is 83.5 Å². The van der Waals surface area contributed by atoms with Crippen molar-refractivity contribution in [1.82, 2.24) is 0 Å². The van der Waals surface area contributed by atoms with Gasteiger partial charge in [0.1, 0.15) is 24.2 Å². The third-order valence-electron chi connectivity index (χ3n) is 4.66. The Hall–Kier alpha value is -3.33. The number of ether oxygens (including phenoxy) is 1. The highest BCUT2D eigenvalue weighted by Crippen LogP contribution is 2.28. The fraction of sp³-hybridized carbons (Fsp3) is 0.125. The third-order valence-corrected chi connectivity index (χ3v) is 4.66. The molecule has 0 unspecified atom stereocenters. The zero-order valence-electron chi connectivity index (χ0n) is 15.1. The second-order valence-electron chi connectivity index (χ2n) is 6.46. The van der Waals surface area contributed by atoms with Gasteiger partial charge in [-0.05, 0) is 35.7 Å². The standard InChI is InChI=1S/C24H20O3/c1-2-17-8-10-19(11-9-17)24(25)22-16-27-23-13-12-20(14-21(22)23)26-15-18-6-4-3-5-7-18/h3-14,16H,2,15H2,1H3. The first-order chi connectivity index (χ1) is 13.2. The Bertz CT molecular complexity index is 1060. The van der Waals surface area contributed by atoms with Crippen LogP contribution < -0.4 is 4.74 Å². The highest BCUT2D eigenvalue weighted by atomic mass is 16.5. The van der Waals surface area contributed by atoms with Crippen molar-refractivity contribution < 1.29 is 13.9 Å². The van der Waals surface area contributed by atoms with Crippen molar-refractivity contribution in [2.45, 2.75) is 20.0 Å². The van der Waals surface area contributed by atoms with Gasteiger partial charge in [-0.15, -0.1) is 0 Å². The fourth-order valence-electron chi connectivity index (χ4n) is 3.06. The average molecular weight is 356 g/mol. The molecule has 0 aliphatic rings. The lowest BCUT2D eigenvalue weighted by atomic mass is 10.0. The Morgan fingerprint density at radius 1 is 0.926 bits per heavy atom. The van der Waals surface area contributed by atoms with Crippen molar-refractivity contribution in [1.29, 1.82) is 0 Å². The lowest BCUT2D eigenvalue weighted by molar-refractivity contribution is 0.103. The van der Waals surface area contributed by atoms with Gasteiger partial charge < -0.3 is 9.15 Å². The zero-order valence-corrected chi connectivity index (χ0v) is 15.1. The number of ketones is 1. The average Bonchev–Trinajstić information content (AvgIpc) is 3.16. The van der Waals surface area contributed by atoms with Crippen molar-refractivity contribution in [3.8, 4) is 5.75 Å². The van der Waals surface area contributed by atoms with Crippen molar-refractivity contribution in [2.24, 2.45) is 0 Å². The van der Waals surface area contributed by atoms with Crippen LogP contribution in [0.2, 0.25) is 0 Å². The molecule has 0 spiro atoms. The summed E-state index contributed by atoms with van der Waals surface area (Å²) in [7, 11) is 0. The highest BCUT2D eigenvalue weighted by Gasteiger charge is 2.16. The van der Waals surface area contributed by atoms with Gasteiger partial charge in [0, 0.05) is 10.9 Å². The quantitative estimate of drug-likeness (QED) is 0.410. The highest BCUT2D eigenvalue weighted by molar-refractivity contribution is 6.16. The van der Waals surface area contributed by atoms with Gasteiger partial charge in [0.2, 0.25) is 0 Å². The van der Waals surface area contributed by atoms with Crippen LogP contribution in [0, 0.1) is 0 Å². The molecule has 0 N–H and O–H groups in total. The molecule has 0 fully saturated rings. The number of furan rings is 1. The normalized spacial score (nSPS) is 10.9. The summed E-state index contributed by atoms with van der Waals surface area (Å²) in [5.41, 5.74) is 4.19. The van der Waals surface area contributed by atoms with E-state index in [9.17, 15) is 4.79 Å². The van der Waals surface area contributed by atoms with Crippen LogP contribution in [0.5, 0.6) is 5.75 Å². The molecule has 0 atom stereocenters. The van der Waals surface area contributed by atoms with Gasteiger partial charge in [-0.2, -0.15) is 0 Å². The van der Waals surface area contributed by atoms with Gasteiger partial charge in [0.05, 0.1) is 5.56 Å². The maximum absolute atomic E-state index is 12.9. The molecule has 0 aliphatic heterocycles. The van der Waals surface area contributed by atoms with E-state index in [0.29, 0.717) is 29.1 Å². The van der Waals surface area contributed by atoms with E-state index in [4.69, 9.17) is 9.15 Å². The van der Waals surface area contributed by atoms with Gasteiger partial charge in [-0.1, -0.05) is 61.5 Å². The number of benzene rings is 3. The molecule has 134 valence electrons. The van der Waals surface area contributed by atoms with E-state index in [-0.39, 0.29) is 5.78 Å². The summed E-state index contributed by atoms with van der Waals surface area (Å²) in [6.07, 6.45) is 2.48. The SMILES string of the molecule is CCc1ccc(C(=O)c2coc3ccc(OCc4ccccc4)cc23)cc1. The lowest BCUT2D eigenvalue weighted by Crippen LogP contribution is -2.00. The molecule has 4 rings (SSSR count). The van der Waals surface area contributed by atoms with Gasteiger partial charge in [0.15, 0.2) is 5.78 Å². The van der Waals surface area contributed by atoms with E-state index >= 15 is 0 Å². The van der Waals surface area contributed by atoms with Crippen molar-refractivity contribution >= 4 is 16.8 Å². The first-order valence-corrected chi connectivity index (χ1v) is 9.06. The van der Waals surface area contributed by atoms with Crippen LogP contribution in [0.4, 0.5) is 0 Å². The molecule has 3 heteroatoms. The second kappa shape index (κ2) is 7.50. The first-order valence-electron chi connectivity index (χ1n) is 9.06. The molecule has 0 bridgehead atoms. The minimum absolute atomic E-state index is 0.0448. The molecule has 3 aromatic carbocycles. The van der Waals surface area contributed by atoms with Crippen LogP contribution in [0.25, 0.3) is 11.0 Å². The Labute approximate surface area is 158 Å². The number of carbonyl (C=O) groups excluding carboxylic acids is 1. The maximum Gasteiger partial charge on any atom is 0.196 e.